The summed E-state index contributed by atoms with van der Waals surface area (Å²) in [5, 5.41) is 12.7. The minimum Gasteiger partial charge on any atom is -0.480 e. The van der Waals surface area contributed by atoms with Gasteiger partial charge in [-0.1, -0.05) is 20.8 Å². The van der Waals surface area contributed by atoms with Gasteiger partial charge in [-0.15, -0.1) is 0 Å². The Bertz CT molecular complexity index is 285. The second kappa shape index (κ2) is 11.0. The molecule has 0 spiro atoms. The number of hydrogen-bond acceptors (Lipinski definition) is 4. The van der Waals surface area contributed by atoms with Gasteiger partial charge in [0, 0.05) is 13.1 Å². The summed E-state index contributed by atoms with van der Waals surface area (Å²) in [6.07, 6.45) is 3.37. The number of carboxylic acid groups (broad SMARTS) is 1. The van der Waals surface area contributed by atoms with Crippen LogP contribution in [0.15, 0.2) is 0 Å². The first kappa shape index (κ1) is 20.3. The summed E-state index contributed by atoms with van der Waals surface area (Å²) in [4.78, 5) is 16.2. The van der Waals surface area contributed by atoms with Gasteiger partial charge in [-0.3, -0.25) is 4.79 Å². The summed E-state index contributed by atoms with van der Waals surface area (Å²) in [5.41, 5.74) is -0.756. The van der Waals surface area contributed by atoms with Crippen molar-refractivity contribution in [2.75, 3.05) is 46.8 Å². The Labute approximate surface area is 130 Å². The van der Waals surface area contributed by atoms with Crippen LogP contribution in [0.1, 0.15) is 46.5 Å². The minimum absolute atomic E-state index is 0.627. The van der Waals surface area contributed by atoms with Gasteiger partial charge in [0.05, 0.1) is 0 Å². The average molecular weight is 301 g/mol. The van der Waals surface area contributed by atoms with Gasteiger partial charge in [0.25, 0.3) is 0 Å². The van der Waals surface area contributed by atoms with Crippen molar-refractivity contribution in [3.8, 4) is 0 Å². The van der Waals surface area contributed by atoms with E-state index in [1.54, 1.807) is 0 Å². The van der Waals surface area contributed by atoms with Gasteiger partial charge in [0.1, 0.15) is 5.54 Å². The minimum atomic E-state index is -0.756. The Morgan fingerprint density at radius 1 is 1.10 bits per heavy atom. The third-order valence-electron chi connectivity index (χ3n) is 4.01. The highest BCUT2D eigenvalue weighted by Crippen LogP contribution is 2.18. The summed E-state index contributed by atoms with van der Waals surface area (Å²) in [5.74, 6) is -0.720. The fraction of sp³-hybridized carbons (Fsp3) is 0.938. The lowest BCUT2D eigenvalue weighted by atomic mass is 9.90. The smallest absolute Gasteiger partial charge is 0.323 e. The first-order valence-electron chi connectivity index (χ1n) is 8.27. The molecule has 0 fully saturated rings. The molecule has 21 heavy (non-hydrogen) atoms. The van der Waals surface area contributed by atoms with Crippen molar-refractivity contribution in [1.82, 2.24) is 15.1 Å². The van der Waals surface area contributed by atoms with E-state index in [0.717, 1.165) is 39.0 Å². The molecule has 0 heterocycles. The first-order valence-corrected chi connectivity index (χ1v) is 8.27. The van der Waals surface area contributed by atoms with Crippen LogP contribution < -0.4 is 5.32 Å². The summed E-state index contributed by atoms with van der Waals surface area (Å²) in [6, 6.07) is 0. The highest BCUT2D eigenvalue weighted by molar-refractivity contribution is 5.78. The second-order valence-corrected chi connectivity index (χ2v) is 6.02. The first-order chi connectivity index (χ1) is 9.91. The molecular weight excluding hydrogens is 266 g/mol. The number of nitrogens with zero attached hydrogens (tertiary/aromatic N) is 2. The van der Waals surface area contributed by atoms with Crippen molar-refractivity contribution in [2.45, 2.75) is 52.0 Å². The van der Waals surface area contributed by atoms with E-state index in [2.05, 4.69) is 36.1 Å². The van der Waals surface area contributed by atoms with Gasteiger partial charge >= 0.3 is 5.97 Å². The van der Waals surface area contributed by atoms with E-state index in [9.17, 15) is 9.90 Å². The molecule has 5 heteroatoms. The maximum Gasteiger partial charge on any atom is 0.323 e. The van der Waals surface area contributed by atoms with Gasteiger partial charge in [0.15, 0.2) is 0 Å². The molecule has 0 aromatic carbocycles. The normalized spacial score (nSPS) is 14.6. The van der Waals surface area contributed by atoms with E-state index < -0.39 is 11.5 Å². The highest BCUT2D eigenvalue weighted by Gasteiger charge is 2.35. The number of nitrogens with one attached hydrogen (secondary N) is 1. The summed E-state index contributed by atoms with van der Waals surface area (Å²) >= 11 is 0. The van der Waals surface area contributed by atoms with Crippen molar-refractivity contribution in [2.24, 2.45) is 0 Å². The molecule has 0 radical (unpaired) electrons. The van der Waals surface area contributed by atoms with Crippen LogP contribution in [0.3, 0.4) is 0 Å². The van der Waals surface area contributed by atoms with Crippen LogP contribution in [0.2, 0.25) is 0 Å². The van der Waals surface area contributed by atoms with Gasteiger partial charge in [-0.05, 0) is 59.4 Å². The standard InChI is InChI=1S/C16H35N3O2/c1-6-11-19(14-13-18(4)5)12-9-10-16(7-2,15(20)21)17-8-3/h17H,6-14H2,1-5H3,(H,20,21). The Morgan fingerprint density at radius 3 is 2.19 bits per heavy atom. The lowest BCUT2D eigenvalue weighted by molar-refractivity contribution is -0.145. The molecule has 0 aliphatic heterocycles. The van der Waals surface area contributed by atoms with Gasteiger partial charge in [-0.2, -0.15) is 0 Å². The van der Waals surface area contributed by atoms with Gasteiger partial charge in [-0.25, -0.2) is 0 Å². The number of aliphatic carboxylic acids is 1. The van der Waals surface area contributed by atoms with Crippen LogP contribution >= 0.6 is 0 Å². The van der Waals surface area contributed by atoms with Crippen LogP contribution in [0, 0.1) is 0 Å². The SMILES string of the molecule is CCCN(CCCC(CC)(NCC)C(=O)O)CCN(C)C. The van der Waals surface area contributed by atoms with Gasteiger partial charge in [0.2, 0.25) is 0 Å². The fourth-order valence-electron chi connectivity index (χ4n) is 2.66. The maximum absolute atomic E-state index is 11.6. The number of carboxylic acids is 1. The molecule has 0 aromatic heterocycles. The fourth-order valence-corrected chi connectivity index (χ4v) is 2.66. The molecule has 0 rings (SSSR count). The predicted octanol–water partition coefficient (Wildman–Crippen LogP) is 1.88. The molecule has 0 bridgehead atoms. The molecular formula is C16H35N3O2. The molecule has 126 valence electrons. The average Bonchev–Trinajstić information content (AvgIpc) is 2.43. The van der Waals surface area contributed by atoms with E-state index >= 15 is 0 Å². The van der Waals surface area contributed by atoms with E-state index in [1.165, 1.54) is 0 Å². The van der Waals surface area contributed by atoms with E-state index in [0.29, 0.717) is 19.4 Å². The van der Waals surface area contributed by atoms with E-state index in [1.807, 2.05) is 13.8 Å². The third kappa shape index (κ3) is 7.79. The van der Waals surface area contributed by atoms with Crippen LogP contribution in [-0.2, 0) is 4.79 Å². The topological polar surface area (TPSA) is 55.8 Å². The Morgan fingerprint density at radius 2 is 1.76 bits per heavy atom. The summed E-state index contributed by atoms with van der Waals surface area (Å²) in [7, 11) is 4.17. The number of rotatable bonds is 13. The number of carbonyl (C=O) groups is 1. The zero-order chi connectivity index (χ0) is 16.3. The van der Waals surface area contributed by atoms with Crippen molar-refractivity contribution >= 4 is 5.97 Å². The lowest BCUT2D eigenvalue weighted by Gasteiger charge is -2.30. The quantitative estimate of drug-likeness (QED) is 0.544. The summed E-state index contributed by atoms with van der Waals surface area (Å²) in [6.45, 7) is 11.0. The highest BCUT2D eigenvalue weighted by atomic mass is 16.4. The van der Waals surface area contributed by atoms with Crippen LogP contribution in [0.25, 0.3) is 0 Å². The molecule has 0 aromatic rings. The second-order valence-electron chi connectivity index (χ2n) is 6.02. The molecule has 2 N–H and O–H groups in total. The molecule has 0 saturated heterocycles. The van der Waals surface area contributed by atoms with Crippen molar-refractivity contribution in [3.05, 3.63) is 0 Å². The molecule has 0 aliphatic rings. The molecule has 1 unspecified atom stereocenters. The summed E-state index contributed by atoms with van der Waals surface area (Å²) < 4.78 is 0. The zero-order valence-electron chi connectivity index (χ0n) is 14.6. The largest absolute Gasteiger partial charge is 0.480 e. The van der Waals surface area contributed by atoms with Gasteiger partial charge < -0.3 is 20.2 Å². The number of hydrogen-bond donors (Lipinski definition) is 2. The monoisotopic (exact) mass is 301 g/mol. The van der Waals surface area contributed by atoms with Crippen LogP contribution in [0.4, 0.5) is 0 Å². The van der Waals surface area contributed by atoms with Crippen LogP contribution in [0.5, 0.6) is 0 Å². The van der Waals surface area contributed by atoms with Crippen LogP contribution in [-0.4, -0.2) is 73.2 Å². The van der Waals surface area contributed by atoms with Crippen molar-refractivity contribution in [1.29, 1.82) is 0 Å². The Balaban J connectivity index is 4.39. The van der Waals surface area contributed by atoms with E-state index in [4.69, 9.17) is 0 Å². The molecule has 0 amide bonds. The lowest BCUT2D eigenvalue weighted by Crippen LogP contribution is -2.52. The Hall–Kier alpha value is -0.650. The Kier molecular flexibility index (Phi) is 10.6. The van der Waals surface area contributed by atoms with Crippen molar-refractivity contribution < 1.29 is 9.90 Å². The van der Waals surface area contributed by atoms with Crippen molar-refractivity contribution in [3.63, 3.8) is 0 Å². The molecule has 5 nitrogen and oxygen atoms in total. The third-order valence-corrected chi connectivity index (χ3v) is 4.01. The van der Waals surface area contributed by atoms with E-state index in [-0.39, 0.29) is 0 Å². The molecule has 0 aliphatic carbocycles. The zero-order valence-corrected chi connectivity index (χ0v) is 14.6. The maximum atomic E-state index is 11.6. The predicted molar refractivity (Wildman–Crippen MR) is 88.9 cm³/mol. The molecule has 0 saturated carbocycles. The number of likely N-dealkylation sites (N-methyl/N-ethyl adjacent to an activating group) is 2. The molecule has 1 atom stereocenters.